The number of benzene rings is 8. The molecule has 0 amide bonds. The van der Waals surface area contributed by atoms with Crippen LogP contribution in [-0.4, -0.2) is 6.85 Å². The van der Waals surface area contributed by atoms with Crippen LogP contribution in [0.25, 0.3) is 55.0 Å². The van der Waals surface area contributed by atoms with Crippen LogP contribution < -0.4 is 20.6 Å². The average Bonchev–Trinajstić information content (AvgIpc) is 3.71. The smallest absolute Gasteiger partial charge is 0.333 e. The Morgan fingerprint density at radius 1 is 0.463 bits per heavy atom. The maximum atomic E-state index is 7.15. The lowest BCUT2D eigenvalue weighted by Crippen LogP contribution is -2.61. The fourth-order valence-corrected chi connectivity index (χ4v) is 13.0. The minimum atomic E-state index is -0.133. The van der Waals surface area contributed by atoms with Crippen LogP contribution in [0.3, 0.4) is 0 Å². The van der Waals surface area contributed by atoms with Crippen LogP contribution in [0, 0.1) is 6.92 Å². The molecule has 3 nitrogen and oxygen atoms in total. The summed E-state index contributed by atoms with van der Waals surface area (Å²) < 4.78 is 7.15. The zero-order valence-electron chi connectivity index (χ0n) is 40.6. The van der Waals surface area contributed by atoms with Gasteiger partial charge in [-0.1, -0.05) is 152 Å². The summed E-state index contributed by atoms with van der Waals surface area (Å²) in [5.74, 6) is 0. The maximum Gasteiger partial charge on any atom is 0.333 e. The second-order valence-corrected chi connectivity index (χ2v) is 23.0. The van der Waals surface area contributed by atoms with Gasteiger partial charge < -0.3 is 14.1 Å². The van der Waals surface area contributed by atoms with Crippen LogP contribution in [0.1, 0.15) is 109 Å². The van der Waals surface area contributed by atoms with Crippen molar-refractivity contribution in [2.45, 2.75) is 110 Å². The number of fused-ring (bicyclic) bond motifs is 12. The van der Waals surface area contributed by atoms with Crippen LogP contribution in [0.2, 0.25) is 0 Å². The summed E-state index contributed by atoms with van der Waals surface area (Å²) in [6.45, 7) is 21.8. The van der Waals surface area contributed by atoms with E-state index in [2.05, 4.69) is 218 Å². The van der Waals surface area contributed by atoms with E-state index < -0.39 is 0 Å². The Bertz CT molecular complexity index is 3570. The number of furan rings is 1. The van der Waals surface area contributed by atoms with Crippen molar-refractivity contribution in [3.8, 4) is 22.3 Å². The normalized spacial score (nSPS) is 18.1. The molecule has 0 spiro atoms. The van der Waals surface area contributed by atoms with Gasteiger partial charge in [-0.2, -0.15) is 0 Å². The molecule has 2 aliphatic carbocycles. The highest BCUT2D eigenvalue weighted by molar-refractivity contribution is 6.94. The van der Waals surface area contributed by atoms with Crippen LogP contribution >= 0.6 is 0 Å². The second kappa shape index (κ2) is 13.8. The number of nitrogens with zero attached hydrogens (tertiary/aromatic N) is 2. The Kier molecular flexibility index (Phi) is 8.38. The summed E-state index contributed by atoms with van der Waals surface area (Å²) in [7, 11) is 0. The lowest BCUT2D eigenvalue weighted by molar-refractivity contribution is 0.332. The molecule has 0 bridgehead atoms. The Balaban J connectivity index is 1.19. The summed E-state index contributed by atoms with van der Waals surface area (Å²) in [6.07, 6.45) is 4.68. The third-order valence-electron chi connectivity index (χ3n) is 17.1. The first kappa shape index (κ1) is 40.7. The zero-order valence-corrected chi connectivity index (χ0v) is 40.6. The van der Waals surface area contributed by atoms with E-state index >= 15 is 0 Å². The molecule has 13 rings (SSSR count). The maximum absolute atomic E-state index is 7.15. The molecule has 0 fully saturated rings. The lowest BCUT2D eigenvalue weighted by Gasteiger charge is -2.48. The Hall–Kier alpha value is -6.52. The van der Waals surface area contributed by atoms with Gasteiger partial charge in [0.15, 0.2) is 0 Å². The predicted molar refractivity (Wildman–Crippen MR) is 286 cm³/mol. The molecule has 0 N–H and O–H groups in total. The van der Waals surface area contributed by atoms with Crippen LogP contribution in [-0.2, 0) is 21.7 Å². The molecule has 2 aliphatic heterocycles. The van der Waals surface area contributed by atoms with Crippen molar-refractivity contribution >= 4 is 78.9 Å². The molecule has 0 saturated heterocycles. The van der Waals surface area contributed by atoms with Gasteiger partial charge in [-0.3, -0.25) is 0 Å². The van der Waals surface area contributed by atoms with Gasteiger partial charge in [-0.25, -0.2) is 0 Å². The van der Waals surface area contributed by atoms with Gasteiger partial charge in [0, 0.05) is 44.8 Å². The highest BCUT2D eigenvalue weighted by Crippen LogP contribution is 2.56. The van der Waals surface area contributed by atoms with Crippen LogP contribution in [0.4, 0.5) is 28.4 Å². The van der Waals surface area contributed by atoms with E-state index in [1.54, 1.807) is 0 Å². The topological polar surface area (TPSA) is 19.6 Å². The lowest BCUT2D eigenvalue weighted by atomic mass is 9.43. The third-order valence-corrected chi connectivity index (χ3v) is 17.1. The summed E-state index contributed by atoms with van der Waals surface area (Å²) in [5.41, 5.74) is 23.0. The number of rotatable bonds is 3. The number of para-hydroxylation sites is 1. The zero-order chi connectivity index (χ0) is 45.9. The molecule has 0 unspecified atom stereocenters. The SMILES string of the molecule is Cc1cc2c(cc1N1c3cc(-c4ccccc4)ccc3B3c4c1cc1ccccc1c4-c1c(ccc4c1oc1ccccc14)N3c1ccc3c(c1)C(C)(C)CCC3(C)C)C(C)(C)CCC2(C)C. The van der Waals surface area contributed by atoms with E-state index in [1.807, 2.05) is 0 Å². The fraction of sp³-hybridized carbons (Fsp3) is 0.270. The van der Waals surface area contributed by atoms with Crippen LogP contribution in [0.15, 0.2) is 150 Å². The van der Waals surface area contributed by atoms with Gasteiger partial charge in [0.1, 0.15) is 11.2 Å². The van der Waals surface area contributed by atoms with E-state index in [-0.39, 0.29) is 28.5 Å². The number of aryl methyl sites for hydroxylation is 1. The van der Waals surface area contributed by atoms with Crippen molar-refractivity contribution in [1.82, 2.24) is 0 Å². The van der Waals surface area contributed by atoms with Crippen LogP contribution in [0.5, 0.6) is 0 Å². The average molecular weight is 871 g/mol. The molecule has 330 valence electrons. The van der Waals surface area contributed by atoms with E-state index in [0.717, 1.165) is 34.8 Å². The minimum absolute atomic E-state index is 0.0413. The molecular formula is C63H59BN2O. The van der Waals surface area contributed by atoms with Crippen molar-refractivity contribution in [2.24, 2.45) is 0 Å². The molecule has 0 atom stereocenters. The molecular weight excluding hydrogens is 812 g/mol. The van der Waals surface area contributed by atoms with Gasteiger partial charge in [-0.05, 0) is 169 Å². The van der Waals surface area contributed by atoms with Crippen molar-refractivity contribution < 1.29 is 4.42 Å². The third kappa shape index (κ3) is 5.78. The first-order valence-electron chi connectivity index (χ1n) is 24.7. The van der Waals surface area contributed by atoms with E-state index in [0.29, 0.717) is 0 Å². The largest absolute Gasteiger partial charge is 0.455 e. The van der Waals surface area contributed by atoms with Crippen molar-refractivity contribution in [3.63, 3.8) is 0 Å². The fourth-order valence-electron chi connectivity index (χ4n) is 13.0. The van der Waals surface area contributed by atoms with Gasteiger partial charge >= 0.3 is 6.85 Å². The molecule has 3 heterocycles. The molecule has 4 heteroatoms. The quantitative estimate of drug-likeness (QED) is 0.165. The van der Waals surface area contributed by atoms with E-state index in [9.17, 15) is 0 Å². The van der Waals surface area contributed by atoms with Crippen molar-refractivity contribution in [2.75, 3.05) is 9.71 Å². The number of hydrogen-bond donors (Lipinski definition) is 0. The first-order chi connectivity index (χ1) is 32.1. The molecule has 0 saturated carbocycles. The standard InChI is InChI=1S/C63H59BN2O/c1-38-33-47-49(63(8,9)32-31-61(47,4)5)37-52(38)65-53-34-40(39-17-11-10-12-18-39)23-27-50(53)64-58-54(65)35-41-19-13-14-20-43(41)56(58)57-51(28-25-45-44-21-15-16-22-55(44)67-59(45)57)66(64)42-24-26-46-48(36-42)62(6,7)30-29-60(46,2)3/h10-28,33-37H,29-32H2,1-9H3. The Labute approximate surface area is 396 Å². The highest BCUT2D eigenvalue weighted by Gasteiger charge is 2.48. The second-order valence-electron chi connectivity index (χ2n) is 23.0. The van der Waals surface area contributed by atoms with Gasteiger partial charge in [0.25, 0.3) is 0 Å². The molecule has 4 aliphatic rings. The van der Waals surface area contributed by atoms with E-state index in [1.165, 1.54) is 113 Å². The number of anilines is 5. The monoisotopic (exact) mass is 870 g/mol. The Morgan fingerprint density at radius 2 is 1.10 bits per heavy atom. The van der Waals surface area contributed by atoms with Crippen molar-refractivity contribution in [1.29, 1.82) is 0 Å². The van der Waals surface area contributed by atoms with Gasteiger partial charge in [-0.15, -0.1) is 0 Å². The molecule has 9 aromatic rings. The summed E-state index contributed by atoms with van der Waals surface area (Å²) in [6, 6.07) is 55.8. The molecule has 8 aromatic carbocycles. The molecule has 0 radical (unpaired) electrons. The van der Waals surface area contributed by atoms with Crippen molar-refractivity contribution in [3.05, 3.63) is 173 Å². The van der Waals surface area contributed by atoms with Gasteiger partial charge in [0.2, 0.25) is 0 Å². The summed E-state index contributed by atoms with van der Waals surface area (Å²) >= 11 is 0. The first-order valence-corrected chi connectivity index (χ1v) is 24.7. The highest BCUT2D eigenvalue weighted by atomic mass is 16.3. The predicted octanol–water partition coefficient (Wildman–Crippen LogP) is 16.1. The molecule has 67 heavy (non-hydrogen) atoms. The number of hydrogen-bond acceptors (Lipinski definition) is 3. The van der Waals surface area contributed by atoms with E-state index in [4.69, 9.17) is 4.42 Å². The molecule has 1 aromatic heterocycles. The minimum Gasteiger partial charge on any atom is -0.455 e. The van der Waals surface area contributed by atoms with Gasteiger partial charge in [0.05, 0.1) is 0 Å². The Morgan fingerprint density at radius 3 is 1.85 bits per heavy atom. The summed E-state index contributed by atoms with van der Waals surface area (Å²) in [5, 5.41) is 4.78. The summed E-state index contributed by atoms with van der Waals surface area (Å²) in [4.78, 5) is 5.36.